The van der Waals surface area contributed by atoms with Crippen LogP contribution in [0.4, 0.5) is 5.82 Å². The molecule has 3 aromatic rings. The molecule has 0 amide bonds. The maximum atomic E-state index is 4.37. The van der Waals surface area contributed by atoms with Gasteiger partial charge < -0.3 is 5.32 Å². The number of rotatable bonds is 4. The van der Waals surface area contributed by atoms with E-state index >= 15 is 0 Å². The molecular formula is C16H14N4. The third-order valence-corrected chi connectivity index (χ3v) is 2.90. The number of nitrogens with one attached hydrogen (secondary N) is 1. The van der Waals surface area contributed by atoms with E-state index in [9.17, 15) is 0 Å². The van der Waals surface area contributed by atoms with Gasteiger partial charge in [0.2, 0.25) is 0 Å². The summed E-state index contributed by atoms with van der Waals surface area (Å²) in [6, 6.07) is 15.9. The van der Waals surface area contributed by atoms with Crippen LogP contribution < -0.4 is 5.32 Å². The molecule has 2 aromatic heterocycles. The number of hydrogen-bond donors (Lipinski definition) is 1. The largest absolute Gasteiger partial charge is 0.365 e. The summed E-state index contributed by atoms with van der Waals surface area (Å²) in [6.07, 6.45) is 5.21. The molecular weight excluding hydrogens is 248 g/mol. The SMILES string of the molecule is c1ccc(CNc2cnc(-c3ccccn3)cn2)cc1. The van der Waals surface area contributed by atoms with E-state index in [1.165, 1.54) is 5.56 Å². The third-order valence-electron chi connectivity index (χ3n) is 2.90. The summed E-state index contributed by atoms with van der Waals surface area (Å²) >= 11 is 0. The van der Waals surface area contributed by atoms with Gasteiger partial charge in [-0.25, -0.2) is 9.97 Å². The average molecular weight is 262 g/mol. The van der Waals surface area contributed by atoms with Gasteiger partial charge in [-0.2, -0.15) is 0 Å². The summed E-state index contributed by atoms with van der Waals surface area (Å²) in [5, 5.41) is 3.25. The quantitative estimate of drug-likeness (QED) is 0.784. The van der Waals surface area contributed by atoms with Gasteiger partial charge >= 0.3 is 0 Å². The maximum absolute atomic E-state index is 4.37. The van der Waals surface area contributed by atoms with Crippen LogP contribution in [0.2, 0.25) is 0 Å². The molecule has 0 aliphatic carbocycles. The molecule has 4 heteroatoms. The predicted octanol–water partition coefficient (Wildman–Crippen LogP) is 3.15. The normalized spacial score (nSPS) is 10.2. The summed E-state index contributed by atoms with van der Waals surface area (Å²) in [7, 11) is 0. The van der Waals surface area contributed by atoms with Crippen LogP contribution in [-0.4, -0.2) is 15.0 Å². The summed E-state index contributed by atoms with van der Waals surface area (Å²) in [5.41, 5.74) is 2.81. The highest BCUT2D eigenvalue weighted by Crippen LogP contribution is 2.13. The van der Waals surface area contributed by atoms with Gasteiger partial charge in [0.15, 0.2) is 0 Å². The molecule has 0 aliphatic rings. The second-order valence-corrected chi connectivity index (χ2v) is 4.34. The van der Waals surface area contributed by atoms with Gasteiger partial charge in [-0.1, -0.05) is 36.4 Å². The van der Waals surface area contributed by atoms with E-state index in [0.29, 0.717) is 0 Å². The van der Waals surface area contributed by atoms with E-state index in [-0.39, 0.29) is 0 Å². The molecule has 20 heavy (non-hydrogen) atoms. The first-order chi connectivity index (χ1) is 9.92. The Kier molecular flexibility index (Phi) is 3.64. The van der Waals surface area contributed by atoms with Gasteiger partial charge in [0.05, 0.1) is 18.1 Å². The van der Waals surface area contributed by atoms with E-state index < -0.39 is 0 Å². The number of pyridine rings is 1. The number of hydrogen-bond acceptors (Lipinski definition) is 4. The summed E-state index contributed by atoms with van der Waals surface area (Å²) in [4.78, 5) is 13.0. The molecule has 0 unspecified atom stereocenters. The number of benzene rings is 1. The lowest BCUT2D eigenvalue weighted by Gasteiger charge is -2.06. The molecule has 0 atom stereocenters. The van der Waals surface area contributed by atoms with Crippen LogP contribution in [-0.2, 0) is 6.54 Å². The van der Waals surface area contributed by atoms with Crippen molar-refractivity contribution in [2.45, 2.75) is 6.54 Å². The highest BCUT2D eigenvalue weighted by atomic mass is 15.0. The van der Waals surface area contributed by atoms with Crippen molar-refractivity contribution in [3.05, 3.63) is 72.7 Å². The Bertz CT molecular complexity index is 651. The Balaban J connectivity index is 1.68. The van der Waals surface area contributed by atoms with Crippen molar-refractivity contribution in [2.75, 3.05) is 5.32 Å². The molecule has 98 valence electrons. The van der Waals surface area contributed by atoms with Gasteiger partial charge in [0, 0.05) is 12.7 Å². The lowest BCUT2D eigenvalue weighted by atomic mass is 10.2. The lowest BCUT2D eigenvalue weighted by molar-refractivity contribution is 1.08. The zero-order chi connectivity index (χ0) is 13.6. The van der Waals surface area contributed by atoms with Crippen LogP contribution in [0.25, 0.3) is 11.4 Å². The molecule has 0 aliphatic heterocycles. The molecule has 4 nitrogen and oxygen atoms in total. The molecule has 0 spiro atoms. The number of aromatic nitrogens is 3. The van der Waals surface area contributed by atoms with Crippen molar-refractivity contribution in [1.82, 2.24) is 15.0 Å². The second kappa shape index (κ2) is 5.93. The van der Waals surface area contributed by atoms with E-state index in [1.807, 2.05) is 36.4 Å². The van der Waals surface area contributed by atoms with Gasteiger partial charge in [-0.15, -0.1) is 0 Å². The Labute approximate surface area is 117 Å². The fraction of sp³-hybridized carbons (Fsp3) is 0.0625. The first-order valence-electron chi connectivity index (χ1n) is 6.43. The van der Waals surface area contributed by atoms with Crippen molar-refractivity contribution >= 4 is 5.82 Å². The smallest absolute Gasteiger partial charge is 0.144 e. The monoisotopic (exact) mass is 262 g/mol. The minimum atomic E-state index is 0.735. The van der Waals surface area contributed by atoms with Crippen molar-refractivity contribution < 1.29 is 0 Å². The summed E-state index contributed by atoms with van der Waals surface area (Å²) < 4.78 is 0. The van der Waals surface area contributed by atoms with Gasteiger partial charge in [0.25, 0.3) is 0 Å². The molecule has 0 fully saturated rings. The molecule has 0 radical (unpaired) electrons. The molecule has 0 saturated heterocycles. The van der Waals surface area contributed by atoms with Crippen LogP contribution in [0.5, 0.6) is 0 Å². The second-order valence-electron chi connectivity index (χ2n) is 4.34. The third kappa shape index (κ3) is 2.98. The van der Waals surface area contributed by atoms with Gasteiger partial charge in [-0.05, 0) is 17.7 Å². The Morgan fingerprint density at radius 1 is 0.750 bits per heavy atom. The van der Waals surface area contributed by atoms with Crippen molar-refractivity contribution in [3.63, 3.8) is 0 Å². The average Bonchev–Trinajstić information content (AvgIpc) is 2.55. The fourth-order valence-electron chi connectivity index (χ4n) is 1.85. The number of anilines is 1. The minimum absolute atomic E-state index is 0.735. The molecule has 0 bridgehead atoms. The first kappa shape index (κ1) is 12.3. The maximum Gasteiger partial charge on any atom is 0.144 e. The zero-order valence-corrected chi connectivity index (χ0v) is 10.9. The van der Waals surface area contributed by atoms with Gasteiger partial charge in [0.1, 0.15) is 11.5 Å². The van der Waals surface area contributed by atoms with E-state index in [1.54, 1.807) is 18.6 Å². The Hall–Kier alpha value is -2.75. The van der Waals surface area contributed by atoms with E-state index in [2.05, 4.69) is 32.4 Å². The standard InChI is InChI=1S/C16H14N4/c1-2-6-13(7-3-1)10-19-16-12-18-15(11-20-16)14-8-4-5-9-17-14/h1-9,11-12H,10H2,(H,19,20). The zero-order valence-electron chi connectivity index (χ0n) is 10.9. The lowest BCUT2D eigenvalue weighted by Crippen LogP contribution is -2.02. The van der Waals surface area contributed by atoms with Crippen molar-refractivity contribution in [2.24, 2.45) is 0 Å². The molecule has 1 aromatic carbocycles. The van der Waals surface area contributed by atoms with Crippen LogP contribution in [0.1, 0.15) is 5.56 Å². The highest BCUT2D eigenvalue weighted by molar-refractivity contribution is 5.53. The minimum Gasteiger partial charge on any atom is -0.365 e. The predicted molar refractivity (Wildman–Crippen MR) is 79.0 cm³/mol. The molecule has 1 N–H and O–H groups in total. The van der Waals surface area contributed by atoms with Crippen molar-refractivity contribution in [1.29, 1.82) is 0 Å². The van der Waals surface area contributed by atoms with Crippen LogP contribution in [0.3, 0.4) is 0 Å². The van der Waals surface area contributed by atoms with E-state index in [0.717, 1.165) is 23.8 Å². The fourth-order valence-corrected chi connectivity index (χ4v) is 1.85. The number of nitrogens with zero attached hydrogens (tertiary/aromatic N) is 3. The van der Waals surface area contributed by atoms with Gasteiger partial charge in [-0.3, -0.25) is 4.98 Å². The van der Waals surface area contributed by atoms with Crippen LogP contribution in [0, 0.1) is 0 Å². The summed E-state index contributed by atoms with van der Waals surface area (Å²) in [6.45, 7) is 0.735. The van der Waals surface area contributed by atoms with Crippen LogP contribution >= 0.6 is 0 Å². The molecule has 3 rings (SSSR count). The van der Waals surface area contributed by atoms with E-state index in [4.69, 9.17) is 0 Å². The molecule has 2 heterocycles. The molecule has 0 saturated carbocycles. The van der Waals surface area contributed by atoms with Crippen LogP contribution in [0.15, 0.2) is 67.1 Å². The Morgan fingerprint density at radius 3 is 2.30 bits per heavy atom. The topological polar surface area (TPSA) is 50.7 Å². The first-order valence-corrected chi connectivity index (χ1v) is 6.43. The van der Waals surface area contributed by atoms with Crippen molar-refractivity contribution in [3.8, 4) is 11.4 Å². The highest BCUT2D eigenvalue weighted by Gasteiger charge is 2.01. The summed E-state index contributed by atoms with van der Waals surface area (Å²) in [5.74, 6) is 0.758. The Morgan fingerprint density at radius 2 is 1.60 bits per heavy atom.